The number of quaternary nitrogens is 1. The zero-order valence-corrected chi connectivity index (χ0v) is 53.3. The van der Waals surface area contributed by atoms with Crippen molar-refractivity contribution in [1.82, 2.24) is 5.32 Å². The number of unbranched alkanes of at least 4 members (excludes halogenated alkanes) is 39. The number of nitrogens with zero attached hydrogens (tertiary/aromatic N) is 1. The maximum Gasteiger partial charge on any atom is 0.472 e. The molecule has 0 saturated heterocycles. The molecule has 458 valence electrons. The van der Waals surface area contributed by atoms with E-state index in [1.807, 2.05) is 33.3 Å². The number of hydrogen-bond acceptors (Lipinski definition) is 6. The van der Waals surface area contributed by atoms with Gasteiger partial charge in [-0.05, 0) is 70.3 Å². The van der Waals surface area contributed by atoms with Crippen LogP contribution in [0.2, 0.25) is 0 Å². The fraction of sp³-hybridized carbons (Fsp3) is 0.853. The van der Waals surface area contributed by atoms with E-state index in [0.717, 1.165) is 70.6 Å². The Morgan fingerprint density at radius 3 is 1.19 bits per heavy atom. The summed E-state index contributed by atoms with van der Waals surface area (Å²) >= 11 is 0. The van der Waals surface area contributed by atoms with Crippen LogP contribution >= 0.6 is 7.82 Å². The van der Waals surface area contributed by atoms with Gasteiger partial charge in [0.25, 0.3) is 0 Å². The molecule has 0 rings (SSSR count). The minimum absolute atomic E-state index is 0.0418. The van der Waals surface area contributed by atoms with Gasteiger partial charge in [0.2, 0.25) is 5.91 Å². The van der Waals surface area contributed by atoms with Crippen LogP contribution in [0.25, 0.3) is 0 Å². The number of phosphoric ester groups is 1. The van der Waals surface area contributed by atoms with E-state index in [1.165, 1.54) is 218 Å². The number of amides is 1. The second-order valence-corrected chi connectivity index (χ2v) is 25.5. The van der Waals surface area contributed by atoms with Gasteiger partial charge in [-0.3, -0.25) is 18.6 Å². The quantitative estimate of drug-likeness (QED) is 0.0205. The van der Waals surface area contributed by atoms with Crippen molar-refractivity contribution in [2.24, 2.45) is 0 Å². The largest absolute Gasteiger partial charge is 0.472 e. The van der Waals surface area contributed by atoms with Crippen molar-refractivity contribution in [3.8, 4) is 0 Å². The van der Waals surface area contributed by atoms with Crippen LogP contribution in [0.3, 0.4) is 0 Å². The van der Waals surface area contributed by atoms with E-state index in [9.17, 15) is 19.0 Å². The SMILES string of the molecule is CCCCC/C=C\C/C=C\C/C=C\CCCCCCCCCCCCCCC(=O)OC(/C=C/CCCCCCCCCCCC)C(COP(=O)(O)OCC[N+](C)(C)C)NC(=O)CCCCCCCCCCCCCCCCC. The van der Waals surface area contributed by atoms with Gasteiger partial charge < -0.3 is 19.4 Å². The van der Waals surface area contributed by atoms with E-state index in [1.54, 1.807) is 0 Å². The molecule has 3 unspecified atom stereocenters. The highest BCUT2D eigenvalue weighted by molar-refractivity contribution is 7.47. The third-order valence-electron chi connectivity index (χ3n) is 15.0. The highest BCUT2D eigenvalue weighted by atomic mass is 31.2. The van der Waals surface area contributed by atoms with Gasteiger partial charge >= 0.3 is 13.8 Å². The number of nitrogens with one attached hydrogen (secondary N) is 1. The molecule has 0 aliphatic heterocycles. The minimum Gasteiger partial charge on any atom is -0.456 e. The molecule has 0 heterocycles. The van der Waals surface area contributed by atoms with Crippen LogP contribution < -0.4 is 5.32 Å². The van der Waals surface area contributed by atoms with Gasteiger partial charge in [0.15, 0.2) is 0 Å². The van der Waals surface area contributed by atoms with Crippen LogP contribution in [0.4, 0.5) is 0 Å². The van der Waals surface area contributed by atoms with E-state index in [0.29, 0.717) is 23.9 Å². The maximum absolute atomic E-state index is 13.6. The Labute approximate surface area is 484 Å². The van der Waals surface area contributed by atoms with E-state index < -0.39 is 20.0 Å². The topological polar surface area (TPSA) is 111 Å². The molecule has 10 heteroatoms. The van der Waals surface area contributed by atoms with E-state index in [4.69, 9.17) is 13.8 Å². The first-order valence-electron chi connectivity index (χ1n) is 33.5. The fourth-order valence-corrected chi connectivity index (χ4v) is 10.6. The van der Waals surface area contributed by atoms with Crippen molar-refractivity contribution in [3.63, 3.8) is 0 Å². The van der Waals surface area contributed by atoms with Crippen molar-refractivity contribution in [1.29, 1.82) is 0 Å². The lowest BCUT2D eigenvalue weighted by Crippen LogP contribution is -2.47. The van der Waals surface area contributed by atoms with Crippen LogP contribution in [0.1, 0.15) is 323 Å². The van der Waals surface area contributed by atoms with Crippen molar-refractivity contribution >= 4 is 19.7 Å². The number of rotatable bonds is 61. The van der Waals surface area contributed by atoms with Crippen LogP contribution in [0, 0.1) is 0 Å². The molecule has 0 aromatic heterocycles. The zero-order valence-electron chi connectivity index (χ0n) is 52.4. The lowest BCUT2D eigenvalue weighted by molar-refractivity contribution is -0.870. The molecule has 0 aliphatic rings. The van der Waals surface area contributed by atoms with Crippen LogP contribution in [-0.4, -0.2) is 74.3 Å². The van der Waals surface area contributed by atoms with E-state index in [2.05, 4.69) is 62.5 Å². The summed E-state index contributed by atoms with van der Waals surface area (Å²) in [6.07, 6.45) is 72.5. The third-order valence-corrected chi connectivity index (χ3v) is 16.0. The van der Waals surface area contributed by atoms with Gasteiger partial charge in [0, 0.05) is 12.8 Å². The highest BCUT2D eigenvalue weighted by Crippen LogP contribution is 2.43. The Bertz CT molecular complexity index is 1470. The Kier molecular flexibility index (Phi) is 56.7. The second-order valence-electron chi connectivity index (χ2n) is 24.0. The molecule has 0 aromatic rings. The number of phosphoric acid groups is 1. The number of carbonyl (C=O) groups excluding carboxylic acids is 2. The van der Waals surface area contributed by atoms with E-state index in [-0.39, 0.29) is 25.1 Å². The van der Waals surface area contributed by atoms with Gasteiger partial charge in [-0.2, -0.15) is 0 Å². The van der Waals surface area contributed by atoms with Crippen molar-refractivity contribution < 1.29 is 37.3 Å². The first-order valence-corrected chi connectivity index (χ1v) is 35.0. The smallest absolute Gasteiger partial charge is 0.456 e. The Hall–Kier alpha value is -2.03. The monoisotopic (exact) mass is 1120 g/mol. The number of likely N-dealkylation sites (N-methyl/N-ethyl adjacent to an activating group) is 1. The molecule has 0 fully saturated rings. The van der Waals surface area contributed by atoms with Crippen molar-refractivity contribution in [3.05, 3.63) is 48.6 Å². The van der Waals surface area contributed by atoms with Crippen LogP contribution in [0.5, 0.6) is 0 Å². The predicted molar refractivity (Wildman–Crippen MR) is 337 cm³/mol. The second kappa shape index (κ2) is 58.2. The fourth-order valence-electron chi connectivity index (χ4n) is 9.83. The third kappa shape index (κ3) is 58.6. The molecular weight excluding hydrogens is 988 g/mol. The molecule has 2 N–H and O–H groups in total. The summed E-state index contributed by atoms with van der Waals surface area (Å²) in [5.41, 5.74) is 0. The summed E-state index contributed by atoms with van der Waals surface area (Å²) in [5, 5.41) is 3.07. The average Bonchev–Trinajstić information content (AvgIpc) is 3.40. The molecule has 3 atom stereocenters. The summed E-state index contributed by atoms with van der Waals surface area (Å²) in [5.74, 6) is -0.493. The van der Waals surface area contributed by atoms with Gasteiger partial charge in [0.05, 0.1) is 33.8 Å². The van der Waals surface area contributed by atoms with E-state index >= 15 is 0 Å². The average molecular weight is 1120 g/mol. The number of ether oxygens (including phenoxy) is 1. The van der Waals surface area contributed by atoms with Crippen LogP contribution in [-0.2, 0) is 27.9 Å². The summed E-state index contributed by atoms with van der Waals surface area (Å²) in [6, 6.07) is -0.846. The number of esters is 1. The Morgan fingerprint density at radius 1 is 0.449 bits per heavy atom. The van der Waals surface area contributed by atoms with Gasteiger partial charge in [-0.1, -0.05) is 288 Å². The summed E-state index contributed by atoms with van der Waals surface area (Å²) < 4.78 is 30.8. The molecule has 0 spiro atoms. The number of carbonyl (C=O) groups is 2. The summed E-state index contributed by atoms with van der Waals surface area (Å²) in [6.45, 7) is 7.02. The predicted octanol–water partition coefficient (Wildman–Crippen LogP) is 20.8. The standard InChI is InChI=1S/C68H129N2O7P/c1-7-10-13-16-19-22-25-28-30-31-32-33-34-35-36-37-38-39-41-43-46-49-52-55-58-61-68(72)77-66(59-56-53-50-47-44-27-24-21-18-15-12-9-3)65(64-76-78(73,74)75-63-62-70(4,5)6)69-67(71)60-57-54-51-48-45-42-40-29-26-23-20-17-14-11-8-2/h19,22,28,30,32-33,56,59,65-66H,7-18,20-21,23-27,29,31,34-55,57-58,60-64H2,1-6H3,(H-,69,71,73,74)/p+1/b22-19-,30-28-,33-32-,59-56+. The van der Waals surface area contributed by atoms with Crippen molar-refractivity contribution in [2.45, 2.75) is 335 Å². The Balaban J connectivity index is 5.08. The van der Waals surface area contributed by atoms with Gasteiger partial charge in [-0.25, -0.2) is 4.57 Å². The first-order chi connectivity index (χ1) is 37.9. The number of allylic oxidation sites excluding steroid dienone is 7. The maximum atomic E-state index is 13.6. The summed E-state index contributed by atoms with van der Waals surface area (Å²) in [7, 11) is 1.51. The molecular formula is C68H130N2O7P+. The molecule has 78 heavy (non-hydrogen) atoms. The van der Waals surface area contributed by atoms with Gasteiger partial charge in [-0.15, -0.1) is 0 Å². The lowest BCUT2D eigenvalue weighted by atomic mass is 10.0. The lowest BCUT2D eigenvalue weighted by Gasteiger charge is -2.27. The van der Waals surface area contributed by atoms with Crippen molar-refractivity contribution in [2.75, 3.05) is 40.9 Å². The van der Waals surface area contributed by atoms with Gasteiger partial charge in [0.1, 0.15) is 19.3 Å². The number of hydrogen-bond donors (Lipinski definition) is 2. The molecule has 0 aromatic carbocycles. The molecule has 0 radical (unpaired) electrons. The molecule has 0 saturated carbocycles. The Morgan fingerprint density at radius 2 is 0.782 bits per heavy atom. The molecule has 0 bridgehead atoms. The molecule has 0 aliphatic carbocycles. The minimum atomic E-state index is -4.45. The normalized spacial score (nSPS) is 13.9. The highest BCUT2D eigenvalue weighted by Gasteiger charge is 2.30. The zero-order chi connectivity index (χ0) is 57.2. The first kappa shape index (κ1) is 76.0. The molecule has 1 amide bonds. The molecule has 9 nitrogen and oxygen atoms in total. The summed E-state index contributed by atoms with van der Waals surface area (Å²) in [4.78, 5) is 37.8. The van der Waals surface area contributed by atoms with Crippen LogP contribution in [0.15, 0.2) is 48.6 Å².